The van der Waals surface area contributed by atoms with Gasteiger partial charge in [0.25, 0.3) is 0 Å². The van der Waals surface area contributed by atoms with Gasteiger partial charge in [-0.25, -0.2) is 0 Å². The zero-order chi connectivity index (χ0) is 9.84. The van der Waals surface area contributed by atoms with Crippen molar-refractivity contribution >= 4 is 11.7 Å². The van der Waals surface area contributed by atoms with Crippen LogP contribution in [0.2, 0.25) is 0 Å². The Kier molecular flexibility index (Phi) is 2.81. The fourth-order valence-corrected chi connectivity index (χ4v) is 0.929. The molecule has 1 aromatic rings. The molecule has 1 atom stereocenters. The van der Waals surface area contributed by atoms with E-state index >= 15 is 0 Å². The molecule has 1 heterocycles. The van der Waals surface area contributed by atoms with Crippen molar-refractivity contribution in [2.24, 2.45) is 5.73 Å². The van der Waals surface area contributed by atoms with E-state index < -0.39 is 12.0 Å². The van der Waals surface area contributed by atoms with Crippen LogP contribution >= 0.6 is 0 Å². The maximum absolute atomic E-state index is 10.3. The Labute approximate surface area is 75.4 Å². The van der Waals surface area contributed by atoms with Crippen LogP contribution < -0.4 is 11.5 Å². The van der Waals surface area contributed by atoms with Gasteiger partial charge in [0.05, 0.1) is 30.0 Å². The van der Waals surface area contributed by atoms with Gasteiger partial charge in [0.15, 0.2) is 0 Å². The maximum Gasteiger partial charge on any atom is 0.305 e. The smallest absolute Gasteiger partial charge is 0.305 e. The van der Waals surface area contributed by atoms with Crippen molar-refractivity contribution in [1.29, 1.82) is 0 Å². The van der Waals surface area contributed by atoms with E-state index in [-0.39, 0.29) is 6.42 Å². The van der Waals surface area contributed by atoms with Gasteiger partial charge in [-0.1, -0.05) is 0 Å². The molecule has 0 aliphatic rings. The van der Waals surface area contributed by atoms with Crippen LogP contribution in [0.4, 0.5) is 5.69 Å². The largest absolute Gasteiger partial charge is 0.481 e. The van der Waals surface area contributed by atoms with E-state index in [9.17, 15) is 4.79 Å². The molecule has 0 aromatic carbocycles. The number of hydrogen-bond donors (Lipinski definition) is 3. The van der Waals surface area contributed by atoms with E-state index in [1.54, 1.807) is 12.1 Å². The van der Waals surface area contributed by atoms with Gasteiger partial charge in [-0.2, -0.15) is 0 Å². The summed E-state index contributed by atoms with van der Waals surface area (Å²) in [6.07, 6.45) is 1.33. The Morgan fingerprint density at radius 3 is 2.77 bits per heavy atom. The van der Waals surface area contributed by atoms with Gasteiger partial charge in [0.2, 0.25) is 0 Å². The number of carboxylic acids is 1. The molecule has 0 unspecified atom stereocenters. The van der Waals surface area contributed by atoms with Crippen molar-refractivity contribution in [2.45, 2.75) is 12.5 Å². The normalized spacial score (nSPS) is 12.4. The van der Waals surface area contributed by atoms with Gasteiger partial charge in [0, 0.05) is 0 Å². The van der Waals surface area contributed by atoms with E-state index in [0.717, 1.165) is 0 Å². The van der Waals surface area contributed by atoms with E-state index in [1.807, 2.05) is 0 Å². The first kappa shape index (κ1) is 9.47. The highest BCUT2D eigenvalue weighted by Gasteiger charge is 2.10. The minimum atomic E-state index is -0.939. The van der Waals surface area contributed by atoms with Gasteiger partial charge < -0.3 is 16.6 Å². The molecule has 13 heavy (non-hydrogen) atoms. The van der Waals surface area contributed by atoms with Crippen LogP contribution in [0, 0.1) is 0 Å². The number of nitrogens with zero attached hydrogens (tertiary/aromatic N) is 1. The molecule has 0 saturated heterocycles. The maximum atomic E-state index is 10.3. The van der Waals surface area contributed by atoms with Crippen molar-refractivity contribution in [2.75, 3.05) is 5.73 Å². The SMILES string of the molecule is Nc1ccc([C@H](N)CC(=O)O)nc1. The van der Waals surface area contributed by atoms with Gasteiger partial charge in [-0.15, -0.1) is 0 Å². The monoisotopic (exact) mass is 181 g/mol. The molecular formula is C8H11N3O2. The van der Waals surface area contributed by atoms with Crippen molar-refractivity contribution in [3.05, 3.63) is 24.0 Å². The average molecular weight is 181 g/mol. The number of aromatic nitrogens is 1. The number of pyridine rings is 1. The van der Waals surface area contributed by atoms with E-state index in [1.165, 1.54) is 6.20 Å². The number of hydrogen-bond acceptors (Lipinski definition) is 4. The number of nitrogens with two attached hydrogens (primary N) is 2. The Hall–Kier alpha value is -1.62. The number of aliphatic carboxylic acids is 1. The summed E-state index contributed by atoms with van der Waals surface area (Å²) in [5, 5.41) is 8.47. The Morgan fingerprint density at radius 1 is 1.62 bits per heavy atom. The molecule has 5 nitrogen and oxygen atoms in total. The summed E-state index contributed by atoms with van der Waals surface area (Å²) in [6, 6.07) is 2.70. The lowest BCUT2D eigenvalue weighted by Gasteiger charge is -2.07. The fourth-order valence-electron chi connectivity index (χ4n) is 0.929. The van der Waals surface area contributed by atoms with Crippen LogP contribution in [0.25, 0.3) is 0 Å². The number of carbonyl (C=O) groups is 1. The molecule has 0 radical (unpaired) electrons. The molecule has 0 saturated carbocycles. The second kappa shape index (κ2) is 3.86. The van der Waals surface area contributed by atoms with Crippen molar-refractivity contribution < 1.29 is 9.90 Å². The molecule has 5 N–H and O–H groups in total. The number of carboxylic acid groups (broad SMARTS) is 1. The second-order valence-electron chi connectivity index (χ2n) is 2.72. The molecular weight excluding hydrogens is 170 g/mol. The van der Waals surface area contributed by atoms with Crippen LogP contribution in [0.15, 0.2) is 18.3 Å². The molecule has 0 bridgehead atoms. The van der Waals surface area contributed by atoms with Gasteiger partial charge in [0.1, 0.15) is 0 Å². The second-order valence-corrected chi connectivity index (χ2v) is 2.72. The molecule has 70 valence electrons. The molecule has 0 fully saturated rings. The average Bonchev–Trinajstić information content (AvgIpc) is 2.04. The number of nitrogen functional groups attached to an aromatic ring is 1. The highest BCUT2D eigenvalue weighted by atomic mass is 16.4. The zero-order valence-electron chi connectivity index (χ0n) is 6.97. The van der Waals surface area contributed by atoms with Crippen LogP contribution in [-0.2, 0) is 4.79 Å². The summed E-state index contributed by atoms with van der Waals surface area (Å²) in [4.78, 5) is 14.2. The lowest BCUT2D eigenvalue weighted by atomic mass is 10.1. The predicted molar refractivity (Wildman–Crippen MR) is 47.8 cm³/mol. The molecule has 0 amide bonds. The third kappa shape index (κ3) is 2.72. The first-order valence-corrected chi connectivity index (χ1v) is 3.78. The van der Waals surface area contributed by atoms with Crippen molar-refractivity contribution in [3.8, 4) is 0 Å². The first-order chi connectivity index (χ1) is 6.09. The summed E-state index contributed by atoms with van der Waals surface area (Å²) in [5.74, 6) is -0.939. The number of anilines is 1. The lowest BCUT2D eigenvalue weighted by Crippen LogP contribution is -2.16. The molecule has 5 heteroatoms. The summed E-state index contributed by atoms with van der Waals surface area (Å²) in [6.45, 7) is 0. The molecule has 0 aliphatic carbocycles. The zero-order valence-corrected chi connectivity index (χ0v) is 6.97. The third-order valence-electron chi connectivity index (χ3n) is 1.58. The van der Waals surface area contributed by atoms with Crippen molar-refractivity contribution in [3.63, 3.8) is 0 Å². The predicted octanol–water partition coefficient (Wildman–Crippen LogP) is 0.138. The molecule has 1 aromatic heterocycles. The summed E-state index contributed by atoms with van der Waals surface area (Å²) in [5.41, 5.74) is 12.0. The summed E-state index contributed by atoms with van der Waals surface area (Å²) in [7, 11) is 0. The quantitative estimate of drug-likeness (QED) is 0.615. The van der Waals surface area contributed by atoms with Gasteiger partial charge >= 0.3 is 5.97 Å². The Bertz CT molecular complexity index is 297. The minimum Gasteiger partial charge on any atom is -0.481 e. The van der Waals surface area contributed by atoms with Gasteiger partial charge in [-0.3, -0.25) is 9.78 Å². The minimum absolute atomic E-state index is 0.128. The van der Waals surface area contributed by atoms with Crippen molar-refractivity contribution in [1.82, 2.24) is 4.98 Å². The Morgan fingerprint density at radius 2 is 2.31 bits per heavy atom. The first-order valence-electron chi connectivity index (χ1n) is 3.78. The number of rotatable bonds is 3. The lowest BCUT2D eigenvalue weighted by molar-refractivity contribution is -0.137. The summed E-state index contributed by atoms with van der Waals surface area (Å²) >= 11 is 0. The molecule has 0 aliphatic heterocycles. The van der Waals surface area contributed by atoms with Crippen LogP contribution in [0.5, 0.6) is 0 Å². The Balaban J connectivity index is 2.71. The molecule has 0 spiro atoms. The molecule has 1 rings (SSSR count). The van der Waals surface area contributed by atoms with Crippen LogP contribution in [-0.4, -0.2) is 16.1 Å². The van der Waals surface area contributed by atoms with Gasteiger partial charge in [-0.05, 0) is 12.1 Å². The standard InChI is InChI=1S/C8H11N3O2/c9-5-1-2-7(11-4-5)6(10)3-8(12)13/h1-2,4,6H,3,9-10H2,(H,12,13)/t6-/m1/s1. The van der Waals surface area contributed by atoms with E-state index in [2.05, 4.69) is 4.98 Å². The van der Waals surface area contributed by atoms with E-state index in [0.29, 0.717) is 11.4 Å². The highest BCUT2D eigenvalue weighted by molar-refractivity contribution is 5.67. The highest BCUT2D eigenvalue weighted by Crippen LogP contribution is 2.11. The van der Waals surface area contributed by atoms with Crippen LogP contribution in [0.1, 0.15) is 18.2 Å². The summed E-state index contributed by atoms with van der Waals surface area (Å²) < 4.78 is 0. The fraction of sp³-hybridized carbons (Fsp3) is 0.250. The van der Waals surface area contributed by atoms with E-state index in [4.69, 9.17) is 16.6 Å². The third-order valence-corrected chi connectivity index (χ3v) is 1.58. The van der Waals surface area contributed by atoms with Crippen LogP contribution in [0.3, 0.4) is 0 Å². The topological polar surface area (TPSA) is 102 Å².